The van der Waals surface area contributed by atoms with Gasteiger partial charge in [0.25, 0.3) is 0 Å². The van der Waals surface area contributed by atoms with Crippen LogP contribution >= 0.6 is 0 Å². The summed E-state index contributed by atoms with van der Waals surface area (Å²) in [6.07, 6.45) is 3.18. The highest BCUT2D eigenvalue weighted by Gasteiger charge is 2.40. The van der Waals surface area contributed by atoms with Gasteiger partial charge in [-0.15, -0.1) is 0 Å². The van der Waals surface area contributed by atoms with Crippen LogP contribution in [0.2, 0.25) is 18.1 Å². The zero-order valence-electron chi connectivity index (χ0n) is 19.7. The number of nitrogens with one attached hydrogen (secondary N) is 1. The molecule has 3 aliphatic rings. The second-order valence-electron chi connectivity index (χ2n) is 10.9. The Morgan fingerprint density at radius 3 is 2.53 bits per heavy atom. The van der Waals surface area contributed by atoms with Gasteiger partial charge in [-0.1, -0.05) is 39.0 Å². The standard InChI is InChI=1S/C24H39N3O2Si/c1-16-20-9-8-10-21(23-12-25-27(17(23)2)19-14-28-15-19)22(20)11-18(26-16)13-29-30(6,7)24(3,4)5/h8-10,12,16-19,23,26H,11,13-15H2,1-7H3/t16-,17?,18+,23?/m0/s1. The fraction of sp³-hybridized carbons (Fsp3) is 0.708. The summed E-state index contributed by atoms with van der Waals surface area (Å²) in [4.78, 5) is 0. The van der Waals surface area contributed by atoms with Gasteiger partial charge in [0.1, 0.15) is 0 Å². The molecule has 166 valence electrons. The van der Waals surface area contributed by atoms with Crippen LogP contribution in [0.15, 0.2) is 23.3 Å². The van der Waals surface area contributed by atoms with E-state index in [1.807, 2.05) is 0 Å². The Bertz CT molecular complexity index is 800. The van der Waals surface area contributed by atoms with Gasteiger partial charge in [0.05, 0.1) is 25.3 Å². The summed E-state index contributed by atoms with van der Waals surface area (Å²) in [5.74, 6) is 0.341. The molecule has 0 spiro atoms. The summed E-state index contributed by atoms with van der Waals surface area (Å²) in [5.41, 5.74) is 4.38. The minimum Gasteiger partial charge on any atom is -0.415 e. The molecule has 3 aliphatic heterocycles. The molecule has 3 heterocycles. The third-order valence-corrected chi connectivity index (χ3v) is 12.3. The van der Waals surface area contributed by atoms with Crippen molar-refractivity contribution in [1.82, 2.24) is 10.3 Å². The number of ether oxygens (including phenoxy) is 1. The molecule has 30 heavy (non-hydrogen) atoms. The first kappa shape index (κ1) is 22.0. The first-order valence-electron chi connectivity index (χ1n) is 11.5. The molecule has 4 atom stereocenters. The van der Waals surface area contributed by atoms with Crippen molar-refractivity contribution < 1.29 is 9.16 Å². The van der Waals surface area contributed by atoms with E-state index < -0.39 is 8.32 Å². The van der Waals surface area contributed by atoms with Crippen molar-refractivity contribution in [1.29, 1.82) is 0 Å². The van der Waals surface area contributed by atoms with Crippen molar-refractivity contribution in [3.63, 3.8) is 0 Å². The lowest BCUT2D eigenvalue weighted by Gasteiger charge is -2.40. The fourth-order valence-electron chi connectivity index (χ4n) is 4.64. The van der Waals surface area contributed by atoms with Crippen LogP contribution in [0.1, 0.15) is 63.3 Å². The third-order valence-electron chi connectivity index (χ3n) is 7.75. The summed E-state index contributed by atoms with van der Waals surface area (Å²) in [6.45, 7) is 18.6. The summed E-state index contributed by atoms with van der Waals surface area (Å²) in [5, 5.41) is 11.1. The first-order chi connectivity index (χ1) is 14.1. The van der Waals surface area contributed by atoms with Crippen LogP contribution in [0, 0.1) is 0 Å². The molecule has 1 aromatic rings. The predicted molar refractivity (Wildman–Crippen MR) is 126 cm³/mol. The van der Waals surface area contributed by atoms with Crippen LogP contribution in [0.25, 0.3) is 0 Å². The lowest BCUT2D eigenvalue weighted by atomic mass is 9.81. The molecular weight excluding hydrogens is 390 g/mol. The molecule has 1 aromatic carbocycles. The van der Waals surface area contributed by atoms with Gasteiger partial charge in [-0.05, 0) is 55.1 Å². The van der Waals surface area contributed by atoms with Crippen LogP contribution in [-0.2, 0) is 15.6 Å². The molecule has 0 amide bonds. The number of fused-ring (bicyclic) bond motifs is 1. The molecular formula is C24H39N3O2Si. The highest BCUT2D eigenvalue weighted by molar-refractivity contribution is 6.74. The maximum Gasteiger partial charge on any atom is 0.192 e. The molecule has 1 saturated heterocycles. The van der Waals surface area contributed by atoms with Crippen LogP contribution in [0.4, 0.5) is 0 Å². The van der Waals surface area contributed by atoms with Crippen LogP contribution < -0.4 is 5.32 Å². The van der Waals surface area contributed by atoms with E-state index in [9.17, 15) is 0 Å². The minimum absolute atomic E-state index is 0.237. The normalized spacial score (nSPS) is 29.8. The average Bonchev–Trinajstić information content (AvgIpc) is 2.98. The van der Waals surface area contributed by atoms with E-state index >= 15 is 0 Å². The van der Waals surface area contributed by atoms with Gasteiger partial charge in [0.15, 0.2) is 8.32 Å². The van der Waals surface area contributed by atoms with Gasteiger partial charge in [0.2, 0.25) is 0 Å². The number of rotatable bonds is 5. The SMILES string of the molecule is CC1C(c2cccc3c2C[C@H](CO[Si](C)(C)C(C)(C)C)N[C@H]3C)C=NN1C1COC1. The molecule has 0 bridgehead atoms. The first-order valence-corrected chi connectivity index (χ1v) is 14.4. The highest BCUT2D eigenvalue weighted by atomic mass is 28.4. The number of nitrogens with zero attached hydrogens (tertiary/aromatic N) is 2. The summed E-state index contributed by atoms with van der Waals surface area (Å²) < 4.78 is 12.0. The molecule has 0 saturated carbocycles. The van der Waals surface area contributed by atoms with E-state index in [4.69, 9.17) is 14.3 Å². The largest absolute Gasteiger partial charge is 0.415 e. The molecule has 0 aliphatic carbocycles. The zero-order valence-corrected chi connectivity index (χ0v) is 20.7. The Hall–Kier alpha value is -1.21. The van der Waals surface area contributed by atoms with Crippen LogP contribution in [0.3, 0.4) is 0 Å². The zero-order chi connectivity index (χ0) is 21.7. The Kier molecular flexibility index (Phi) is 5.90. The van der Waals surface area contributed by atoms with Crippen molar-refractivity contribution in [2.24, 2.45) is 5.10 Å². The number of hydrazone groups is 1. The minimum atomic E-state index is -1.75. The predicted octanol–water partition coefficient (Wildman–Crippen LogP) is 4.46. The van der Waals surface area contributed by atoms with E-state index in [0.29, 0.717) is 30.1 Å². The fourth-order valence-corrected chi connectivity index (χ4v) is 5.70. The molecule has 1 N–H and O–H groups in total. The maximum absolute atomic E-state index is 6.58. The van der Waals surface area contributed by atoms with Crippen molar-refractivity contribution in [2.45, 2.75) is 89.3 Å². The van der Waals surface area contributed by atoms with Gasteiger partial charge in [-0.25, -0.2) is 0 Å². The molecule has 5 nitrogen and oxygen atoms in total. The third kappa shape index (κ3) is 3.99. The molecule has 6 heteroatoms. The lowest BCUT2D eigenvalue weighted by Crippen LogP contribution is -2.49. The van der Waals surface area contributed by atoms with E-state index in [-0.39, 0.29) is 5.04 Å². The van der Waals surface area contributed by atoms with Crippen molar-refractivity contribution in [2.75, 3.05) is 19.8 Å². The maximum atomic E-state index is 6.58. The molecule has 2 unspecified atom stereocenters. The van der Waals surface area contributed by atoms with Gasteiger partial charge < -0.3 is 14.5 Å². The van der Waals surface area contributed by atoms with Gasteiger partial charge in [-0.3, -0.25) is 5.01 Å². The van der Waals surface area contributed by atoms with Crippen molar-refractivity contribution >= 4 is 14.5 Å². The highest BCUT2D eigenvalue weighted by Crippen LogP contribution is 2.39. The number of hydrogen-bond donors (Lipinski definition) is 1. The Morgan fingerprint density at radius 1 is 1.20 bits per heavy atom. The van der Waals surface area contributed by atoms with Gasteiger partial charge in [0, 0.05) is 30.8 Å². The lowest BCUT2D eigenvalue weighted by molar-refractivity contribution is -0.0732. The molecule has 0 aromatic heterocycles. The summed E-state index contributed by atoms with van der Waals surface area (Å²) in [6, 6.07) is 8.32. The van der Waals surface area contributed by atoms with Crippen molar-refractivity contribution in [3.8, 4) is 0 Å². The molecule has 0 radical (unpaired) electrons. The average molecular weight is 430 g/mol. The Labute approximate surface area is 183 Å². The monoisotopic (exact) mass is 429 g/mol. The molecule has 1 fully saturated rings. The molecule has 4 rings (SSSR count). The van der Waals surface area contributed by atoms with Gasteiger partial charge in [-0.2, -0.15) is 5.10 Å². The smallest absolute Gasteiger partial charge is 0.192 e. The van der Waals surface area contributed by atoms with E-state index in [1.54, 1.807) is 0 Å². The topological polar surface area (TPSA) is 46.1 Å². The Balaban J connectivity index is 1.52. The van der Waals surface area contributed by atoms with Crippen molar-refractivity contribution in [3.05, 3.63) is 34.9 Å². The quantitative estimate of drug-likeness (QED) is 0.702. The van der Waals surface area contributed by atoms with E-state index in [2.05, 4.69) is 82.5 Å². The number of hydrogen-bond acceptors (Lipinski definition) is 5. The van der Waals surface area contributed by atoms with E-state index in [1.165, 1.54) is 16.7 Å². The second-order valence-corrected chi connectivity index (χ2v) is 15.7. The Morgan fingerprint density at radius 2 is 1.90 bits per heavy atom. The second kappa shape index (κ2) is 8.04. The summed E-state index contributed by atoms with van der Waals surface area (Å²) >= 11 is 0. The van der Waals surface area contributed by atoms with Crippen LogP contribution in [-0.4, -0.2) is 57.5 Å². The van der Waals surface area contributed by atoms with Crippen LogP contribution in [0.5, 0.6) is 0 Å². The van der Waals surface area contributed by atoms with E-state index in [0.717, 1.165) is 26.2 Å². The number of benzene rings is 1. The van der Waals surface area contributed by atoms with Gasteiger partial charge >= 0.3 is 0 Å². The summed E-state index contributed by atoms with van der Waals surface area (Å²) in [7, 11) is -1.75.